The Kier molecular flexibility index (Phi) is 1.51. The Balaban J connectivity index is 2.52. The van der Waals surface area contributed by atoms with Crippen LogP contribution in [0, 0.1) is 6.07 Å². The van der Waals surface area contributed by atoms with E-state index in [-0.39, 0.29) is 0 Å². The molecular weight excluding hydrogens is 170 g/mol. The molecule has 0 aliphatic rings. The predicted molar refractivity (Wildman–Crippen MR) is 58.1 cm³/mol. The van der Waals surface area contributed by atoms with Crippen LogP contribution < -0.4 is 0 Å². The van der Waals surface area contributed by atoms with Crippen LogP contribution in [0.2, 0.25) is 0 Å². The number of pyridine rings is 1. The number of aromatic nitrogens is 1. The molecular formula is C13H8N. The van der Waals surface area contributed by atoms with Gasteiger partial charge in [-0.15, -0.1) is 0 Å². The summed E-state index contributed by atoms with van der Waals surface area (Å²) in [5.41, 5.74) is 0. The van der Waals surface area contributed by atoms with Crippen LogP contribution in [0.1, 0.15) is 0 Å². The molecule has 3 aromatic rings. The Morgan fingerprint density at radius 2 is 2.00 bits per heavy atom. The summed E-state index contributed by atoms with van der Waals surface area (Å²) in [6, 6.07) is 15.6. The monoisotopic (exact) mass is 178 g/mol. The lowest BCUT2D eigenvalue weighted by Crippen LogP contribution is -1.77. The first-order chi connectivity index (χ1) is 6.93. The highest BCUT2D eigenvalue weighted by atomic mass is 14.6. The first-order valence-electron chi connectivity index (χ1n) is 4.58. The predicted octanol–water partition coefficient (Wildman–Crippen LogP) is 3.19. The maximum Gasteiger partial charge on any atom is 0.0346 e. The van der Waals surface area contributed by atoms with Crippen LogP contribution in [-0.2, 0) is 0 Å². The molecule has 1 heteroatoms. The lowest BCUT2D eigenvalue weighted by Gasteiger charge is -2.00. The molecule has 1 aromatic heterocycles. The highest BCUT2D eigenvalue weighted by Crippen LogP contribution is 2.20. The van der Waals surface area contributed by atoms with Gasteiger partial charge in [0.25, 0.3) is 0 Å². The molecule has 0 aliphatic heterocycles. The molecule has 0 N–H and O–H groups in total. The second-order valence-corrected chi connectivity index (χ2v) is 3.33. The molecule has 0 aliphatic carbocycles. The van der Waals surface area contributed by atoms with E-state index in [1.165, 1.54) is 16.2 Å². The third kappa shape index (κ3) is 1.06. The second-order valence-electron chi connectivity index (χ2n) is 3.33. The van der Waals surface area contributed by atoms with Gasteiger partial charge in [0, 0.05) is 17.8 Å². The van der Waals surface area contributed by atoms with Crippen LogP contribution in [0.5, 0.6) is 0 Å². The maximum absolute atomic E-state index is 4.11. The van der Waals surface area contributed by atoms with Gasteiger partial charge < -0.3 is 0 Å². The van der Waals surface area contributed by atoms with Crippen molar-refractivity contribution in [2.75, 3.05) is 0 Å². The number of rotatable bonds is 0. The van der Waals surface area contributed by atoms with Crippen LogP contribution in [-0.4, -0.2) is 4.98 Å². The summed E-state index contributed by atoms with van der Waals surface area (Å²) < 4.78 is 0. The summed E-state index contributed by atoms with van der Waals surface area (Å²) in [5.74, 6) is 0. The fourth-order valence-corrected chi connectivity index (χ4v) is 1.71. The van der Waals surface area contributed by atoms with Crippen molar-refractivity contribution in [3.8, 4) is 0 Å². The van der Waals surface area contributed by atoms with Crippen molar-refractivity contribution < 1.29 is 0 Å². The van der Waals surface area contributed by atoms with Gasteiger partial charge in [0.2, 0.25) is 0 Å². The largest absolute Gasteiger partial charge is 0.264 e. The third-order valence-corrected chi connectivity index (χ3v) is 2.42. The molecule has 1 nitrogen and oxygen atoms in total. The average Bonchev–Trinajstić information content (AvgIpc) is 2.26. The average molecular weight is 178 g/mol. The third-order valence-electron chi connectivity index (χ3n) is 2.42. The van der Waals surface area contributed by atoms with Crippen LogP contribution in [0.4, 0.5) is 0 Å². The van der Waals surface area contributed by atoms with Crippen molar-refractivity contribution in [3.63, 3.8) is 0 Å². The Morgan fingerprint density at radius 3 is 3.00 bits per heavy atom. The van der Waals surface area contributed by atoms with E-state index in [4.69, 9.17) is 0 Å². The van der Waals surface area contributed by atoms with Gasteiger partial charge in [0.1, 0.15) is 0 Å². The van der Waals surface area contributed by atoms with Crippen molar-refractivity contribution in [2.45, 2.75) is 0 Å². The van der Waals surface area contributed by atoms with Gasteiger partial charge in [-0.2, -0.15) is 0 Å². The van der Waals surface area contributed by atoms with Crippen LogP contribution in [0.15, 0.2) is 48.8 Å². The summed E-state index contributed by atoms with van der Waals surface area (Å²) in [7, 11) is 0. The highest BCUT2D eigenvalue weighted by Gasteiger charge is 1.96. The Hall–Kier alpha value is -1.89. The molecule has 0 unspecified atom stereocenters. The molecule has 2 aromatic carbocycles. The van der Waals surface area contributed by atoms with Crippen LogP contribution >= 0.6 is 0 Å². The molecule has 1 radical (unpaired) electrons. The molecule has 65 valence electrons. The molecule has 0 bridgehead atoms. The van der Waals surface area contributed by atoms with E-state index in [9.17, 15) is 0 Å². The molecule has 1 heterocycles. The molecule has 0 atom stereocenters. The number of hydrogen-bond donors (Lipinski definition) is 0. The van der Waals surface area contributed by atoms with Gasteiger partial charge in [-0.1, -0.05) is 18.2 Å². The fraction of sp³-hybridized carbons (Fsp3) is 0. The van der Waals surface area contributed by atoms with Crippen molar-refractivity contribution in [3.05, 3.63) is 54.9 Å². The Labute approximate surface area is 82.0 Å². The second kappa shape index (κ2) is 2.81. The topological polar surface area (TPSA) is 12.9 Å². The van der Waals surface area contributed by atoms with E-state index in [0.717, 1.165) is 5.39 Å². The zero-order valence-corrected chi connectivity index (χ0v) is 7.57. The molecule has 0 saturated heterocycles. The number of benzene rings is 2. The molecule has 3 rings (SSSR count). The van der Waals surface area contributed by atoms with Gasteiger partial charge >= 0.3 is 0 Å². The summed E-state index contributed by atoms with van der Waals surface area (Å²) in [5, 5.41) is 4.77. The van der Waals surface area contributed by atoms with E-state index in [0.29, 0.717) is 0 Å². The lowest BCUT2D eigenvalue weighted by atomic mass is 10.1. The van der Waals surface area contributed by atoms with E-state index in [1.54, 1.807) is 0 Å². The molecule has 0 fully saturated rings. The summed E-state index contributed by atoms with van der Waals surface area (Å²) in [4.78, 5) is 4.11. The van der Waals surface area contributed by atoms with Gasteiger partial charge in [-0.3, -0.25) is 4.98 Å². The van der Waals surface area contributed by atoms with Crippen LogP contribution in [0.3, 0.4) is 0 Å². The Morgan fingerprint density at radius 1 is 1.00 bits per heavy atom. The van der Waals surface area contributed by atoms with Crippen molar-refractivity contribution in [2.24, 2.45) is 0 Å². The minimum Gasteiger partial charge on any atom is -0.264 e. The minimum atomic E-state index is 1.15. The molecule has 0 spiro atoms. The molecule has 14 heavy (non-hydrogen) atoms. The van der Waals surface area contributed by atoms with Gasteiger partial charge in [-0.25, -0.2) is 0 Å². The van der Waals surface area contributed by atoms with Gasteiger partial charge in [0.15, 0.2) is 0 Å². The van der Waals surface area contributed by atoms with Crippen LogP contribution in [0.25, 0.3) is 21.5 Å². The molecule has 0 amide bonds. The Bertz CT molecular complexity index is 494. The normalized spacial score (nSPS) is 10.9. The maximum atomic E-state index is 4.11. The number of fused-ring (bicyclic) bond motifs is 2. The lowest BCUT2D eigenvalue weighted by molar-refractivity contribution is 1.37. The van der Waals surface area contributed by atoms with E-state index in [1.807, 2.05) is 30.6 Å². The number of nitrogens with zero attached hydrogens (tertiary/aromatic N) is 1. The number of hydrogen-bond acceptors (Lipinski definition) is 1. The first kappa shape index (κ1) is 7.51. The smallest absolute Gasteiger partial charge is 0.0346 e. The highest BCUT2D eigenvalue weighted by molar-refractivity contribution is 5.97. The van der Waals surface area contributed by atoms with Gasteiger partial charge in [-0.05, 0) is 40.4 Å². The quantitative estimate of drug-likeness (QED) is 0.482. The standard InChI is InChI=1S/C13H8N/c1-2-4-11-8-13-9-14-6-5-12(13)7-10(11)3-1/h1-3,5-9H. The van der Waals surface area contributed by atoms with E-state index >= 15 is 0 Å². The summed E-state index contributed by atoms with van der Waals surface area (Å²) >= 11 is 0. The van der Waals surface area contributed by atoms with Crippen molar-refractivity contribution >= 4 is 21.5 Å². The van der Waals surface area contributed by atoms with Crippen molar-refractivity contribution in [1.82, 2.24) is 4.98 Å². The summed E-state index contributed by atoms with van der Waals surface area (Å²) in [6.45, 7) is 0. The van der Waals surface area contributed by atoms with E-state index < -0.39 is 0 Å². The van der Waals surface area contributed by atoms with E-state index in [2.05, 4.69) is 29.2 Å². The zero-order chi connectivity index (χ0) is 9.38. The first-order valence-corrected chi connectivity index (χ1v) is 4.58. The fourth-order valence-electron chi connectivity index (χ4n) is 1.71. The van der Waals surface area contributed by atoms with Gasteiger partial charge in [0.05, 0.1) is 0 Å². The minimum absolute atomic E-state index is 1.15. The zero-order valence-electron chi connectivity index (χ0n) is 7.57. The summed E-state index contributed by atoms with van der Waals surface area (Å²) in [6.07, 6.45) is 3.70. The molecule has 0 saturated carbocycles. The van der Waals surface area contributed by atoms with Crippen molar-refractivity contribution in [1.29, 1.82) is 0 Å². The SMILES string of the molecule is [c]1cccc2cc3ccncc3cc12.